The third kappa shape index (κ3) is 7.08. The molecule has 28 heavy (non-hydrogen) atoms. The Hall–Kier alpha value is -1.05. The summed E-state index contributed by atoms with van der Waals surface area (Å²) in [6, 6.07) is 0. The lowest BCUT2D eigenvalue weighted by atomic mass is 9.72. The number of allylic oxidation sites excluding steroid dienone is 4. The molecule has 1 saturated carbocycles. The third-order valence-corrected chi connectivity index (χ3v) is 7.35. The second-order valence-corrected chi connectivity index (χ2v) is 10.00. The number of ketones is 1. The average molecular weight is 388 g/mol. The Bertz CT molecular complexity index is 537. The van der Waals surface area contributed by atoms with E-state index in [1.165, 1.54) is 56.9 Å². The van der Waals surface area contributed by atoms with Crippen molar-refractivity contribution in [2.45, 2.75) is 105 Å². The van der Waals surface area contributed by atoms with Crippen LogP contribution in [0.1, 0.15) is 105 Å². The van der Waals surface area contributed by atoms with Crippen molar-refractivity contribution >= 4 is 5.78 Å². The number of Topliss-reactive ketones (excluding diaryl/α,β-unsaturated/α-hetero) is 1. The van der Waals surface area contributed by atoms with Crippen LogP contribution in [0.15, 0.2) is 23.4 Å². The zero-order chi connectivity index (χ0) is 20.5. The molecule has 1 fully saturated rings. The summed E-state index contributed by atoms with van der Waals surface area (Å²) in [6.45, 7) is 9.06. The highest BCUT2D eigenvalue weighted by atomic mass is 16.1. The maximum atomic E-state index is 12.6. The standard InChI is InChI=1S/C26H45NO/c1-5-6-7-11-20(4)21-13-15-22(16-14-21)24-17-23(18-25(24)27)26(28)12-9-8-10-19(2)3/h5-6,19-23H,7-18,27H2,1-4H3/b6-5-. The molecule has 0 bridgehead atoms. The highest BCUT2D eigenvalue weighted by molar-refractivity contribution is 5.82. The van der Waals surface area contributed by atoms with Gasteiger partial charge in [-0.25, -0.2) is 0 Å². The van der Waals surface area contributed by atoms with Crippen LogP contribution in [0, 0.1) is 29.6 Å². The summed E-state index contributed by atoms with van der Waals surface area (Å²) in [5.74, 6) is 3.75. The van der Waals surface area contributed by atoms with E-state index in [0.717, 1.165) is 49.1 Å². The van der Waals surface area contributed by atoms with Gasteiger partial charge in [0.05, 0.1) is 0 Å². The van der Waals surface area contributed by atoms with Gasteiger partial charge in [0, 0.05) is 18.0 Å². The molecular weight excluding hydrogens is 342 g/mol. The largest absolute Gasteiger partial charge is 0.402 e. The summed E-state index contributed by atoms with van der Waals surface area (Å²) < 4.78 is 0. The average Bonchev–Trinajstić information content (AvgIpc) is 3.07. The molecule has 160 valence electrons. The quantitative estimate of drug-likeness (QED) is 0.301. The van der Waals surface area contributed by atoms with Crippen LogP contribution in [0.3, 0.4) is 0 Å². The molecule has 0 radical (unpaired) electrons. The van der Waals surface area contributed by atoms with E-state index in [9.17, 15) is 4.79 Å². The van der Waals surface area contributed by atoms with Crippen molar-refractivity contribution in [2.75, 3.05) is 0 Å². The number of carbonyl (C=O) groups is 1. The number of rotatable bonds is 11. The zero-order valence-electron chi connectivity index (χ0n) is 19.0. The molecule has 0 aliphatic heterocycles. The third-order valence-electron chi connectivity index (χ3n) is 7.35. The van der Waals surface area contributed by atoms with Crippen LogP contribution in [-0.2, 0) is 4.79 Å². The van der Waals surface area contributed by atoms with Crippen LogP contribution < -0.4 is 5.73 Å². The lowest BCUT2D eigenvalue weighted by Crippen LogP contribution is -2.22. The van der Waals surface area contributed by atoms with Crippen molar-refractivity contribution in [2.24, 2.45) is 35.3 Å². The molecule has 0 aromatic heterocycles. The van der Waals surface area contributed by atoms with Gasteiger partial charge in [-0.1, -0.05) is 45.8 Å². The molecule has 2 aliphatic rings. The minimum atomic E-state index is 0.187. The predicted molar refractivity (Wildman–Crippen MR) is 121 cm³/mol. The molecule has 2 aliphatic carbocycles. The number of carbonyl (C=O) groups excluding carboxylic acids is 1. The molecule has 0 aromatic rings. The monoisotopic (exact) mass is 387 g/mol. The van der Waals surface area contributed by atoms with Crippen LogP contribution in [0.2, 0.25) is 0 Å². The van der Waals surface area contributed by atoms with E-state index < -0.39 is 0 Å². The normalized spacial score (nSPS) is 27.1. The summed E-state index contributed by atoms with van der Waals surface area (Å²) in [4.78, 5) is 12.6. The molecule has 2 nitrogen and oxygen atoms in total. The first kappa shape index (κ1) is 23.2. The fourth-order valence-electron chi connectivity index (χ4n) is 5.38. The smallest absolute Gasteiger partial charge is 0.136 e. The first-order valence-corrected chi connectivity index (χ1v) is 12.0. The second-order valence-electron chi connectivity index (χ2n) is 10.00. The molecule has 0 saturated heterocycles. The van der Waals surface area contributed by atoms with Crippen molar-refractivity contribution in [1.29, 1.82) is 0 Å². The topological polar surface area (TPSA) is 43.1 Å². The summed E-state index contributed by atoms with van der Waals surface area (Å²) in [6.07, 6.45) is 18.3. The first-order valence-electron chi connectivity index (χ1n) is 12.0. The molecular formula is C26H45NO. The minimum absolute atomic E-state index is 0.187. The SMILES string of the molecule is C/C=C\CCC(C)C1CCC(C2=C(N)CC(C(=O)CCCCC(C)C)C2)CC1. The van der Waals surface area contributed by atoms with Crippen molar-refractivity contribution in [3.05, 3.63) is 23.4 Å². The van der Waals surface area contributed by atoms with Crippen LogP contribution in [0.5, 0.6) is 0 Å². The first-order chi connectivity index (χ1) is 13.4. The van der Waals surface area contributed by atoms with E-state index in [0.29, 0.717) is 11.7 Å². The number of unbranched alkanes of at least 4 members (excludes halogenated alkanes) is 1. The molecule has 0 amide bonds. The van der Waals surface area contributed by atoms with Crippen molar-refractivity contribution in [3.63, 3.8) is 0 Å². The van der Waals surface area contributed by atoms with Gasteiger partial charge in [0.1, 0.15) is 5.78 Å². The van der Waals surface area contributed by atoms with Crippen molar-refractivity contribution < 1.29 is 4.79 Å². The maximum absolute atomic E-state index is 12.6. The number of hydrogen-bond donors (Lipinski definition) is 1. The Balaban J connectivity index is 1.74. The lowest BCUT2D eigenvalue weighted by molar-refractivity contribution is -0.122. The second kappa shape index (κ2) is 11.8. The Morgan fingerprint density at radius 2 is 1.79 bits per heavy atom. The van der Waals surface area contributed by atoms with Gasteiger partial charge in [-0.2, -0.15) is 0 Å². The molecule has 0 heterocycles. The predicted octanol–water partition coefficient (Wildman–Crippen LogP) is 7.19. The maximum Gasteiger partial charge on any atom is 0.136 e. The minimum Gasteiger partial charge on any atom is -0.402 e. The highest BCUT2D eigenvalue weighted by Crippen LogP contribution is 2.43. The van der Waals surface area contributed by atoms with E-state index in [-0.39, 0.29) is 5.92 Å². The lowest BCUT2D eigenvalue weighted by Gasteiger charge is -2.33. The summed E-state index contributed by atoms with van der Waals surface area (Å²) in [5.41, 5.74) is 8.95. The van der Waals surface area contributed by atoms with E-state index in [1.807, 2.05) is 0 Å². The molecule has 2 atom stereocenters. The molecule has 2 rings (SSSR count). The Labute approximate surface area is 174 Å². The van der Waals surface area contributed by atoms with Crippen molar-refractivity contribution in [1.82, 2.24) is 0 Å². The fourth-order valence-corrected chi connectivity index (χ4v) is 5.38. The van der Waals surface area contributed by atoms with Gasteiger partial charge < -0.3 is 5.73 Å². The van der Waals surface area contributed by atoms with Crippen LogP contribution in [-0.4, -0.2) is 5.78 Å². The van der Waals surface area contributed by atoms with Crippen LogP contribution >= 0.6 is 0 Å². The molecule has 0 spiro atoms. The Kier molecular flexibility index (Phi) is 9.82. The van der Waals surface area contributed by atoms with E-state index >= 15 is 0 Å². The number of nitrogens with two attached hydrogens (primary N) is 1. The van der Waals surface area contributed by atoms with Crippen LogP contribution in [0.4, 0.5) is 0 Å². The van der Waals surface area contributed by atoms with E-state index in [2.05, 4.69) is 39.8 Å². The molecule has 2 N–H and O–H groups in total. The van der Waals surface area contributed by atoms with Gasteiger partial charge in [-0.15, -0.1) is 0 Å². The summed E-state index contributed by atoms with van der Waals surface area (Å²) >= 11 is 0. The molecule has 2 unspecified atom stereocenters. The van der Waals surface area contributed by atoms with Crippen molar-refractivity contribution in [3.8, 4) is 0 Å². The molecule has 0 aromatic carbocycles. The Morgan fingerprint density at radius 1 is 1.07 bits per heavy atom. The highest BCUT2D eigenvalue weighted by Gasteiger charge is 2.34. The van der Waals surface area contributed by atoms with E-state index in [4.69, 9.17) is 5.73 Å². The van der Waals surface area contributed by atoms with E-state index in [1.54, 1.807) is 0 Å². The Morgan fingerprint density at radius 3 is 2.43 bits per heavy atom. The van der Waals surface area contributed by atoms with Crippen LogP contribution in [0.25, 0.3) is 0 Å². The van der Waals surface area contributed by atoms with Gasteiger partial charge in [-0.05, 0) is 94.0 Å². The summed E-state index contributed by atoms with van der Waals surface area (Å²) in [7, 11) is 0. The van der Waals surface area contributed by atoms with Gasteiger partial charge in [-0.3, -0.25) is 4.79 Å². The summed E-state index contributed by atoms with van der Waals surface area (Å²) in [5, 5.41) is 0. The van der Waals surface area contributed by atoms with Gasteiger partial charge in [0.15, 0.2) is 0 Å². The van der Waals surface area contributed by atoms with Gasteiger partial charge in [0.2, 0.25) is 0 Å². The zero-order valence-corrected chi connectivity index (χ0v) is 19.0. The van der Waals surface area contributed by atoms with Gasteiger partial charge in [0.25, 0.3) is 0 Å². The number of hydrogen-bond acceptors (Lipinski definition) is 2. The molecule has 2 heteroatoms. The van der Waals surface area contributed by atoms with Gasteiger partial charge >= 0.3 is 0 Å². The fraction of sp³-hybridized carbons (Fsp3) is 0.808.